The van der Waals surface area contributed by atoms with Crippen molar-refractivity contribution in [1.82, 2.24) is 9.88 Å². The van der Waals surface area contributed by atoms with Crippen LogP contribution < -0.4 is 9.47 Å². The van der Waals surface area contributed by atoms with Gasteiger partial charge in [-0.2, -0.15) is 0 Å². The first kappa shape index (κ1) is 33.3. The number of ether oxygens (including phenoxy) is 4. The third kappa shape index (κ3) is 7.95. The predicted octanol–water partition coefficient (Wildman–Crippen LogP) is 6.29. The maximum atomic E-state index is 14.5. The van der Waals surface area contributed by atoms with Gasteiger partial charge >= 0.3 is 11.9 Å². The largest absolute Gasteiger partial charge is 0.460 e. The zero-order valence-corrected chi connectivity index (χ0v) is 27.9. The van der Waals surface area contributed by atoms with Crippen LogP contribution in [-0.4, -0.2) is 58.8 Å². The highest BCUT2D eigenvalue weighted by atomic mass is 16.7. The molecule has 0 radical (unpaired) electrons. The lowest BCUT2D eigenvalue weighted by Gasteiger charge is -2.35. The lowest BCUT2D eigenvalue weighted by atomic mass is 9.87. The standard InChI is InChI=1S/C39H38N2O8/c1-25(28(27-19-20-32-33(22-27)46-24-45-32)15-10-18-34-40-30-16-8-9-17-31(30)47-34)41(21-11-14-26-12-6-5-7-13-26)37(43)36-29(23-35(42)48-36)38(44)49-39(2,3)4/h5-10,12-13,16-20,22,25,28-29,36H,15,21,23-24H2,1-4H3/b18-10+. The van der Waals surface area contributed by atoms with Gasteiger partial charge in [0.15, 0.2) is 23.2 Å². The van der Waals surface area contributed by atoms with E-state index in [9.17, 15) is 14.4 Å². The third-order valence-electron chi connectivity index (χ3n) is 8.36. The molecule has 0 bridgehead atoms. The Labute approximate surface area is 285 Å². The number of hydrogen-bond acceptors (Lipinski definition) is 9. The summed E-state index contributed by atoms with van der Waals surface area (Å²) in [4.78, 5) is 46.4. The molecule has 10 nitrogen and oxygen atoms in total. The van der Waals surface area contributed by atoms with Crippen LogP contribution >= 0.6 is 0 Å². The highest BCUT2D eigenvalue weighted by molar-refractivity contribution is 5.94. The number of cyclic esters (lactones) is 1. The van der Waals surface area contributed by atoms with Crippen molar-refractivity contribution in [3.63, 3.8) is 0 Å². The Hall–Kier alpha value is -5.56. The molecular formula is C39H38N2O8. The molecule has 49 heavy (non-hydrogen) atoms. The van der Waals surface area contributed by atoms with Gasteiger partial charge in [0, 0.05) is 17.5 Å². The fourth-order valence-corrected chi connectivity index (χ4v) is 5.95. The Morgan fingerprint density at radius 1 is 1.04 bits per heavy atom. The number of rotatable bonds is 9. The van der Waals surface area contributed by atoms with E-state index in [4.69, 9.17) is 23.4 Å². The first-order valence-electron chi connectivity index (χ1n) is 16.2. The monoisotopic (exact) mass is 662 g/mol. The van der Waals surface area contributed by atoms with E-state index >= 15 is 0 Å². The molecule has 3 heterocycles. The van der Waals surface area contributed by atoms with Crippen molar-refractivity contribution in [2.75, 3.05) is 13.3 Å². The Morgan fingerprint density at radius 2 is 1.80 bits per heavy atom. The fraction of sp³-hybridized carbons (Fsp3) is 0.333. The molecule has 0 spiro atoms. The minimum absolute atomic E-state index is 0.0138. The van der Waals surface area contributed by atoms with Crippen LogP contribution in [0.5, 0.6) is 11.5 Å². The van der Waals surface area contributed by atoms with Crippen molar-refractivity contribution in [3.8, 4) is 23.3 Å². The number of carbonyl (C=O) groups is 3. The van der Waals surface area contributed by atoms with Crippen LogP contribution in [0.4, 0.5) is 0 Å². The number of aromatic nitrogens is 1. The van der Waals surface area contributed by atoms with Gasteiger partial charge in [0.25, 0.3) is 5.91 Å². The maximum Gasteiger partial charge on any atom is 0.314 e. The molecule has 2 aliphatic rings. The summed E-state index contributed by atoms with van der Waals surface area (Å²) in [5.74, 6) is 4.76. The van der Waals surface area contributed by atoms with Gasteiger partial charge < -0.3 is 28.3 Å². The van der Waals surface area contributed by atoms with Crippen LogP contribution in [0.15, 0.2) is 83.3 Å². The average molecular weight is 663 g/mol. The molecule has 1 fully saturated rings. The smallest absolute Gasteiger partial charge is 0.314 e. The van der Waals surface area contributed by atoms with E-state index in [1.165, 1.54) is 0 Å². The Bertz CT molecular complexity index is 1900. The molecule has 1 aromatic heterocycles. The van der Waals surface area contributed by atoms with E-state index in [1.807, 2.05) is 91.9 Å². The second-order valence-corrected chi connectivity index (χ2v) is 13.0. The highest BCUT2D eigenvalue weighted by Gasteiger charge is 2.48. The normalized spacial score (nSPS) is 18.1. The summed E-state index contributed by atoms with van der Waals surface area (Å²) < 4.78 is 28.3. The van der Waals surface area contributed by atoms with Crippen LogP contribution in [0, 0.1) is 17.8 Å². The maximum absolute atomic E-state index is 14.5. The molecule has 4 unspecified atom stereocenters. The van der Waals surface area contributed by atoms with Crippen LogP contribution in [0.25, 0.3) is 17.2 Å². The number of fused-ring (bicyclic) bond motifs is 2. The molecule has 2 aliphatic heterocycles. The number of hydrogen-bond donors (Lipinski definition) is 0. The molecule has 252 valence electrons. The number of nitrogens with zero attached hydrogens (tertiary/aromatic N) is 2. The lowest BCUT2D eigenvalue weighted by Crippen LogP contribution is -2.50. The summed E-state index contributed by atoms with van der Waals surface area (Å²) in [6.07, 6.45) is 2.63. The van der Waals surface area contributed by atoms with Gasteiger partial charge in [-0.05, 0) is 82.2 Å². The second-order valence-electron chi connectivity index (χ2n) is 13.0. The van der Waals surface area contributed by atoms with Crippen molar-refractivity contribution in [3.05, 3.63) is 95.9 Å². The molecule has 1 amide bonds. The summed E-state index contributed by atoms with van der Waals surface area (Å²) in [5.41, 5.74) is 2.30. The van der Waals surface area contributed by atoms with Crippen LogP contribution in [0.1, 0.15) is 63.5 Å². The topological polar surface area (TPSA) is 117 Å². The first-order valence-corrected chi connectivity index (χ1v) is 16.2. The SMILES string of the molecule is CC(C(C/C=C/c1nc2ccccc2o1)c1ccc2c(c1)OCO2)N(CC#Cc1ccccc1)C(=O)C1OC(=O)CC1C(=O)OC(C)(C)C. The van der Waals surface area contributed by atoms with Crippen molar-refractivity contribution in [2.24, 2.45) is 5.92 Å². The first-order chi connectivity index (χ1) is 23.6. The van der Waals surface area contributed by atoms with Crippen LogP contribution in [0.2, 0.25) is 0 Å². The summed E-state index contributed by atoms with van der Waals surface area (Å²) >= 11 is 0. The molecule has 0 N–H and O–H groups in total. The Kier molecular flexibility index (Phi) is 9.72. The summed E-state index contributed by atoms with van der Waals surface area (Å²) in [6.45, 7) is 7.25. The summed E-state index contributed by atoms with van der Waals surface area (Å²) in [5, 5.41) is 0. The molecule has 1 saturated heterocycles. The summed E-state index contributed by atoms with van der Waals surface area (Å²) in [7, 11) is 0. The van der Waals surface area contributed by atoms with Gasteiger partial charge in [0.1, 0.15) is 17.0 Å². The van der Waals surface area contributed by atoms with Gasteiger partial charge in [-0.15, -0.1) is 0 Å². The number of amides is 1. The molecule has 3 aromatic carbocycles. The van der Waals surface area contributed by atoms with Gasteiger partial charge in [-0.1, -0.05) is 54.3 Å². The number of esters is 2. The lowest BCUT2D eigenvalue weighted by molar-refractivity contribution is -0.167. The van der Waals surface area contributed by atoms with Crippen molar-refractivity contribution in [1.29, 1.82) is 0 Å². The van der Waals surface area contributed by atoms with Crippen molar-refractivity contribution in [2.45, 2.75) is 64.2 Å². The Morgan fingerprint density at radius 3 is 2.57 bits per heavy atom. The number of oxazole rings is 1. The van der Waals surface area contributed by atoms with Crippen LogP contribution in [0.3, 0.4) is 0 Å². The fourth-order valence-electron chi connectivity index (χ4n) is 5.95. The zero-order chi connectivity index (χ0) is 34.5. The molecular weight excluding hydrogens is 624 g/mol. The minimum Gasteiger partial charge on any atom is -0.460 e. The van der Waals surface area contributed by atoms with E-state index in [-0.39, 0.29) is 25.7 Å². The zero-order valence-electron chi connectivity index (χ0n) is 27.9. The van der Waals surface area contributed by atoms with Gasteiger partial charge in [0.05, 0.1) is 13.0 Å². The predicted molar refractivity (Wildman–Crippen MR) is 181 cm³/mol. The molecule has 0 saturated carbocycles. The number of benzene rings is 3. The quantitative estimate of drug-likeness (QED) is 0.151. The van der Waals surface area contributed by atoms with Crippen molar-refractivity contribution >= 4 is 35.0 Å². The van der Waals surface area contributed by atoms with E-state index in [0.29, 0.717) is 29.4 Å². The van der Waals surface area contributed by atoms with Crippen molar-refractivity contribution < 1.29 is 37.7 Å². The molecule has 4 aromatic rings. The highest BCUT2D eigenvalue weighted by Crippen LogP contribution is 2.38. The van der Waals surface area contributed by atoms with Gasteiger partial charge in [-0.25, -0.2) is 4.98 Å². The van der Waals surface area contributed by atoms with E-state index in [2.05, 4.69) is 16.8 Å². The molecule has 0 aliphatic carbocycles. The average Bonchev–Trinajstić information content (AvgIpc) is 3.82. The Balaban J connectivity index is 1.34. The molecule has 6 rings (SSSR count). The van der Waals surface area contributed by atoms with Gasteiger partial charge in [-0.3, -0.25) is 14.4 Å². The number of carbonyl (C=O) groups excluding carboxylic acids is 3. The van der Waals surface area contributed by atoms with E-state index in [1.54, 1.807) is 25.7 Å². The summed E-state index contributed by atoms with van der Waals surface area (Å²) in [6, 6.07) is 22.2. The van der Waals surface area contributed by atoms with E-state index in [0.717, 1.165) is 16.6 Å². The molecule has 10 heteroatoms. The van der Waals surface area contributed by atoms with Crippen LogP contribution in [-0.2, 0) is 23.9 Å². The number of para-hydroxylation sites is 2. The second kappa shape index (κ2) is 14.3. The minimum atomic E-state index is -1.35. The molecule has 4 atom stereocenters. The van der Waals surface area contributed by atoms with Gasteiger partial charge in [0.2, 0.25) is 12.7 Å². The van der Waals surface area contributed by atoms with E-state index < -0.39 is 41.5 Å². The third-order valence-corrected chi connectivity index (χ3v) is 8.36. The number of allylic oxidation sites excluding steroid dienone is 1.